The van der Waals surface area contributed by atoms with Crippen molar-refractivity contribution in [3.8, 4) is 22.3 Å². The van der Waals surface area contributed by atoms with Crippen LogP contribution in [-0.4, -0.2) is 6.21 Å². The Balaban J connectivity index is 1.29. The summed E-state index contributed by atoms with van der Waals surface area (Å²) < 4.78 is 0. The molecule has 0 heterocycles. The van der Waals surface area contributed by atoms with Gasteiger partial charge in [0.25, 0.3) is 0 Å². The molecule has 0 spiro atoms. The Hall–Kier alpha value is -5.73. The topological polar surface area (TPSA) is 24.4 Å². The molecule has 0 radical (unpaired) electrons. The first-order chi connectivity index (χ1) is 23.3. The van der Waals surface area contributed by atoms with Gasteiger partial charge in [-0.05, 0) is 81.1 Å². The maximum atomic E-state index is 4.72. The van der Waals surface area contributed by atoms with Gasteiger partial charge in [-0.15, -0.1) is 0 Å². The summed E-state index contributed by atoms with van der Waals surface area (Å²) in [7, 11) is 0. The summed E-state index contributed by atoms with van der Waals surface area (Å²) in [6.07, 6.45) is 11.3. The maximum Gasteiger partial charge on any atom is 0.0710 e. The number of benzene rings is 6. The molecule has 0 fully saturated rings. The third-order valence-corrected chi connectivity index (χ3v) is 9.43. The lowest BCUT2D eigenvalue weighted by atomic mass is 9.66. The fourth-order valence-electron chi connectivity index (χ4n) is 7.44. The Labute approximate surface area is 277 Å². The molecule has 0 aromatic heterocycles. The first kappa shape index (κ1) is 28.7. The van der Waals surface area contributed by atoms with Gasteiger partial charge in [0.05, 0.1) is 12.0 Å². The summed E-state index contributed by atoms with van der Waals surface area (Å²) in [5.41, 5.74) is 14.3. The predicted molar refractivity (Wildman–Crippen MR) is 198 cm³/mol. The Morgan fingerprint density at radius 1 is 0.638 bits per heavy atom. The Bertz CT molecular complexity index is 2120. The highest BCUT2D eigenvalue weighted by atomic mass is 14.9. The van der Waals surface area contributed by atoms with Crippen molar-refractivity contribution in [3.05, 3.63) is 203 Å². The molecule has 0 amide bonds. The minimum absolute atomic E-state index is 0.401. The molecule has 0 saturated carbocycles. The first-order valence-corrected chi connectivity index (χ1v) is 16.5. The number of anilines is 2. The number of rotatable bonds is 8. The molecule has 226 valence electrons. The van der Waals surface area contributed by atoms with Crippen LogP contribution in [0.3, 0.4) is 0 Å². The van der Waals surface area contributed by atoms with Crippen molar-refractivity contribution in [1.29, 1.82) is 0 Å². The lowest BCUT2D eigenvalue weighted by Crippen LogP contribution is -2.29. The number of nitrogens with one attached hydrogen (secondary N) is 1. The second-order valence-electron chi connectivity index (χ2n) is 12.3. The average Bonchev–Trinajstić information content (AvgIpc) is 3.44. The Morgan fingerprint density at radius 3 is 2.17 bits per heavy atom. The van der Waals surface area contributed by atoms with Crippen LogP contribution < -0.4 is 5.32 Å². The van der Waals surface area contributed by atoms with Crippen molar-refractivity contribution < 1.29 is 0 Å². The Morgan fingerprint density at radius 2 is 1.38 bits per heavy atom. The molecule has 1 unspecified atom stereocenters. The van der Waals surface area contributed by atoms with Crippen LogP contribution in [0.1, 0.15) is 40.7 Å². The zero-order valence-corrected chi connectivity index (χ0v) is 26.3. The van der Waals surface area contributed by atoms with Crippen LogP contribution in [0.4, 0.5) is 11.4 Å². The molecule has 1 atom stereocenters. The highest BCUT2D eigenvalue weighted by molar-refractivity contribution is 6.01. The van der Waals surface area contributed by atoms with Crippen molar-refractivity contribution in [1.82, 2.24) is 0 Å². The molecular weight excluding hydrogens is 569 g/mol. The summed E-state index contributed by atoms with van der Waals surface area (Å²) >= 11 is 0. The van der Waals surface area contributed by atoms with Crippen LogP contribution in [0.15, 0.2) is 180 Å². The van der Waals surface area contributed by atoms with Crippen LogP contribution >= 0.6 is 0 Å². The van der Waals surface area contributed by atoms with Crippen molar-refractivity contribution in [3.63, 3.8) is 0 Å². The number of hydrogen-bond acceptors (Lipinski definition) is 2. The fraction of sp³-hybridized carbons (Fsp3) is 0.0889. The van der Waals surface area contributed by atoms with E-state index in [1.165, 1.54) is 50.1 Å². The van der Waals surface area contributed by atoms with Crippen molar-refractivity contribution in [2.45, 2.75) is 24.8 Å². The minimum atomic E-state index is -0.401. The summed E-state index contributed by atoms with van der Waals surface area (Å²) in [6, 6.07) is 54.5. The predicted octanol–water partition coefficient (Wildman–Crippen LogP) is 11.3. The summed E-state index contributed by atoms with van der Waals surface area (Å²) in [4.78, 5) is 4.72. The molecule has 0 bridgehead atoms. The normalized spacial score (nSPS) is 16.5. The van der Waals surface area contributed by atoms with E-state index in [0.717, 1.165) is 29.8 Å². The van der Waals surface area contributed by atoms with Gasteiger partial charge in [0, 0.05) is 23.2 Å². The van der Waals surface area contributed by atoms with E-state index in [1.54, 1.807) is 0 Å². The molecule has 2 heteroatoms. The fourth-order valence-corrected chi connectivity index (χ4v) is 7.44. The van der Waals surface area contributed by atoms with Gasteiger partial charge in [-0.1, -0.05) is 152 Å². The summed E-state index contributed by atoms with van der Waals surface area (Å²) in [6.45, 7) is 0.662. The first-order valence-electron chi connectivity index (χ1n) is 16.5. The average molecular weight is 605 g/mol. The SMILES string of the molecule is C1=CC(C2(c3ccccc3)c3ccccc3-c3c2ccc(Nc2cccc(C=NCc4ccccc4)c2)c3-c2ccccc2)=CCC1. The van der Waals surface area contributed by atoms with E-state index in [4.69, 9.17) is 4.99 Å². The van der Waals surface area contributed by atoms with E-state index in [9.17, 15) is 0 Å². The van der Waals surface area contributed by atoms with Crippen LogP contribution in [-0.2, 0) is 12.0 Å². The zero-order chi connectivity index (χ0) is 31.5. The molecule has 8 rings (SSSR count). The van der Waals surface area contributed by atoms with Crippen LogP contribution in [0.2, 0.25) is 0 Å². The third-order valence-electron chi connectivity index (χ3n) is 9.43. The van der Waals surface area contributed by atoms with E-state index in [-0.39, 0.29) is 0 Å². The monoisotopic (exact) mass is 604 g/mol. The lowest BCUT2D eigenvalue weighted by Gasteiger charge is -2.36. The molecule has 6 aromatic carbocycles. The van der Waals surface area contributed by atoms with E-state index in [2.05, 4.69) is 169 Å². The van der Waals surface area contributed by atoms with Crippen molar-refractivity contribution >= 4 is 17.6 Å². The van der Waals surface area contributed by atoms with E-state index in [1.807, 2.05) is 12.3 Å². The zero-order valence-electron chi connectivity index (χ0n) is 26.3. The van der Waals surface area contributed by atoms with Crippen LogP contribution in [0.25, 0.3) is 22.3 Å². The number of allylic oxidation sites excluding steroid dienone is 4. The quantitative estimate of drug-likeness (QED) is 0.172. The largest absolute Gasteiger partial charge is 0.355 e. The van der Waals surface area contributed by atoms with Crippen LogP contribution in [0, 0.1) is 0 Å². The molecule has 2 nitrogen and oxygen atoms in total. The number of nitrogens with zero attached hydrogens (tertiary/aromatic N) is 1. The summed E-state index contributed by atoms with van der Waals surface area (Å²) in [5.74, 6) is 0. The Kier molecular flexibility index (Phi) is 7.69. The van der Waals surface area contributed by atoms with Gasteiger partial charge >= 0.3 is 0 Å². The van der Waals surface area contributed by atoms with Crippen molar-refractivity contribution in [2.24, 2.45) is 4.99 Å². The van der Waals surface area contributed by atoms with Gasteiger partial charge in [0.1, 0.15) is 0 Å². The smallest absolute Gasteiger partial charge is 0.0710 e. The van der Waals surface area contributed by atoms with Gasteiger partial charge < -0.3 is 5.32 Å². The lowest BCUT2D eigenvalue weighted by molar-refractivity contribution is 0.752. The molecule has 6 aromatic rings. The van der Waals surface area contributed by atoms with Gasteiger partial charge in [-0.25, -0.2) is 0 Å². The second kappa shape index (κ2) is 12.6. The number of hydrogen-bond donors (Lipinski definition) is 1. The third kappa shape index (κ3) is 5.22. The molecule has 0 saturated heterocycles. The highest BCUT2D eigenvalue weighted by Crippen LogP contribution is 2.60. The minimum Gasteiger partial charge on any atom is -0.355 e. The molecular formula is C45H36N2. The van der Waals surface area contributed by atoms with Gasteiger partial charge in [-0.2, -0.15) is 0 Å². The van der Waals surface area contributed by atoms with E-state index in [0.29, 0.717) is 6.54 Å². The number of aliphatic imine (C=N–C) groups is 1. The maximum absolute atomic E-state index is 4.72. The van der Waals surface area contributed by atoms with Crippen LogP contribution in [0.5, 0.6) is 0 Å². The van der Waals surface area contributed by atoms with Crippen molar-refractivity contribution in [2.75, 3.05) is 5.32 Å². The molecule has 1 N–H and O–H groups in total. The molecule has 2 aliphatic carbocycles. The molecule has 2 aliphatic rings. The van der Waals surface area contributed by atoms with Gasteiger partial charge in [0.2, 0.25) is 0 Å². The highest BCUT2D eigenvalue weighted by Gasteiger charge is 2.47. The van der Waals surface area contributed by atoms with E-state index < -0.39 is 5.41 Å². The molecule has 0 aliphatic heterocycles. The number of fused-ring (bicyclic) bond motifs is 3. The standard InChI is InChI=1S/C45H36N2/c1-5-16-33(17-6-1)31-46-32-34-18-15-25-38(30-34)47-42-29-28-41-44(43(42)35-19-7-2-8-20-35)39-26-13-14-27-40(39)45(41,36-21-9-3-10-22-36)37-23-11-4-12-24-37/h1-3,5-11,13-30,32,47H,4,12,31H2. The van der Waals surface area contributed by atoms with Gasteiger partial charge in [-0.3, -0.25) is 4.99 Å². The molecule has 47 heavy (non-hydrogen) atoms. The second-order valence-corrected chi connectivity index (χ2v) is 12.3. The summed E-state index contributed by atoms with van der Waals surface area (Å²) in [5, 5.41) is 3.84. The van der Waals surface area contributed by atoms with Gasteiger partial charge in [0.15, 0.2) is 0 Å². The van der Waals surface area contributed by atoms with E-state index >= 15 is 0 Å².